The number of rotatable bonds is 4. The van der Waals surface area contributed by atoms with Gasteiger partial charge < -0.3 is 0 Å². The van der Waals surface area contributed by atoms with Crippen LogP contribution in [0, 0.1) is 0 Å². The van der Waals surface area contributed by atoms with E-state index < -0.39 is 0 Å². The number of ketones is 1. The lowest BCUT2D eigenvalue weighted by atomic mass is 10.1. The summed E-state index contributed by atoms with van der Waals surface area (Å²) in [6.07, 6.45) is 0.513. The molecular weight excluding hydrogens is 331 g/mol. The van der Waals surface area contributed by atoms with Crippen LogP contribution in [-0.4, -0.2) is 11.1 Å². The molecule has 0 saturated heterocycles. The van der Waals surface area contributed by atoms with Crippen LogP contribution in [0.3, 0.4) is 0 Å². The minimum Gasteiger partial charge on any atom is -0.294 e. The standard InChI is InChI=1S/C10H9Br2ClO/c11-4-3-10(14)8-2-1-7(6-13)5-9(8)12/h1-2,5H,3-4,6H2. The molecule has 0 aliphatic rings. The Labute approximate surface area is 105 Å². The maximum absolute atomic E-state index is 11.6. The third kappa shape index (κ3) is 3.07. The van der Waals surface area contributed by atoms with Crippen LogP contribution in [0.1, 0.15) is 22.3 Å². The molecule has 0 heterocycles. The van der Waals surface area contributed by atoms with Crippen LogP contribution < -0.4 is 0 Å². The molecular formula is C10H9Br2ClO. The second kappa shape index (κ2) is 5.89. The van der Waals surface area contributed by atoms with Crippen molar-refractivity contribution in [2.24, 2.45) is 0 Å². The van der Waals surface area contributed by atoms with Gasteiger partial charge in [0.05, 0.1) is 0 Å². The molecule has 0 aliphatic heterocycles. The Balaban J connectivity index is 2.94. The molecule has 0 bridgehead atoms. The smallest absolute Gasteiger partial charge is 0.164 e. The third-order valence-electron chi connectivity index (χ3n) is 1.81. The Kier molecular flexibility index (Phi) is 5.13. The zero-order valence-corrected chi connectivity index (χ0v) is 11.3. The van der Waals surface area contributed by atoms with Crippen LogP contribution >= 0.6 is 43.5 Å². The lowest BCUT2D eigenvalue weighted by Crippen LogP contribution is -2.00. The summed E-state index contributed by atoms with van der Waals surface area (Å²) in [7, 11) is 0. The lowest BCUT2D eigenvalue weighted by molar-refractivity contribution is 0.0989. The van der Waals surface area contributed by atoms with E-state index in [4.69, 9.17) is 11.6 Å². The summed E-state index contributed by atoms with van der Waals surface area (Å²) in [5, 5.41) is 0.690. The van der Waals surface area contributed by atoms with E-state index >= 15 is 0 Å². The molecule has 1 nitrogen and oxygen atoms in total. The number of Topliss-reactive ketones (excluding diaryl/α,β-unsaturated/α-hetero) is 1. The summed E-state index contributed by atoms with van der Waals surface area (Å²) in [6, 6.07) is 5.57. The second-order valence-electron chi connectivity index (χ2n) is 2.81. The van der Waals surface area contributed by atoms with Crippen molar-refractivity contribution in [3.63, 3.8) is 0 Å². The maximum Gasteiger partial charge on any atom is 0.164 e. The van der Waals surface area contributed by atoms with E-state index in [0.29, 0.717) is 17.6 Å². The molecule has 14 heavy (non-hydrogen) atoms. The summed E-state index contributed by atoms with van der Waals surface area (Å²) < 4.78 is 0.821. The van der Waals surface area contributed by atoms with Crippen molar-refractivity contribution in [1.29, 1.82) is 0 Å². The van der Waals surface area contributed by atoms with Gasteiger partial charge in [0.25, 0.3) is 0 Å². The molecule has 1 rings (SSSR count). The Bertz CT molecular complexity index is 339. The van der Waals surface area contributed by atoms with Gasteiger partial charge in [0.1, 0.15) is 0 Å². The van der Waals surface area contributed by atoms with Gasteiger partial charge in [0, 0.05) is 27.7 Å². The number of alkyl halides is 2. The monoisotopic (exact) mass is 338 g/mol. The molecule has 0 N–H and O–H groups in total. The van der Waals surface area contributed by atoms with Crippen molar-refractivity contribution in [3.05, 3.63) is 33.8 Å². The topological polar surface area (TPSA) is 17.1 Å². The van der Waals surface area contributed by atoms with Gasteiger partial charge >= 0.3 is 0 Å². The van der Waals surface area contributed by atoms with E-state index in [1.807, 2.05) is 18.2 Å². The second-order valence-corrected chi connectivity index (χ2v) is 4.72. The van der Waals surface area contributed by atoms with Crippen molar-refractivity contribution in [1.82, 2.24) is 0 Å². The summed E-state index contributed by atoms with van der Waals surface area (Å²) in [6.45, 7) is 0. The minimum absolute atomic E-state index is 0.134. The molecule has 0 aliphatic carbocycles. The highest BCUT2D eigenvalue weighted by molar-refractivity contribution is 9.10. The van der Waals surface area contributed by atoms with E-state index in [2.05, 4.69) is 31.9 Å². The van der Waals surface area contributed by atoms with Gasteiger partial charge in [-0.05, 0) is 17.7 Å². The zero-order valence-electron chi connectivity index (χ0n) is 7.40. The number of carbonyl (C=O) groups excluding carboxylic acids is 1. The van der Waals surface area contributed by atoms with Gasteiger partial charge in [-0.25, -0.2) is 0 Å². The number of carbonyl (C=O) groups is 1. The molecule has 0 saturated carbocycles. The van der Waals surface area contributed by atoms with E-state index in [9.17, 15) is 4.79 Å². The molecule has 0 unspecified atom stereocenters. The molecule has 0 atom stereocenters. The Morgan fingerprint density at radius 3 is 2.64 bits per heavy atom. The fourth-order valence-electron chi connectivity index (χ4n) is 1.09. The molecule has 76 valence electrons. The highest BCUT2D eigenvalue weighted by Gasteiger charge is 2.09. The van der Waals surface area contributed by atoms with E-state index in [0.717, 1.165) is 15.6 Å². The molecule has 0 amide bonds. The SMILES string of the molecule is O=C(CCBr)c1ccc(CCl)cc1Br. The molecule has 0 aromatic heterocycles. The summed E-state index contributed by atoms with van der Waals surface area (Å²) >= 11 is 12.3. The Morgan fingerprint density at radius 2 is 2.14 bits per heavy atom. The first-order chi connectivity index (χ1) is 6.69. The maximum atomic E-state index is 11.6. The molecule has 1 aromatic rings. The third-order valence-corrected chi connectivity index (χ3v) is 3.17. The van der Waals surface area contributed by atoms with Crippen LogP contribution in [-0.2, 0) is 5.88 Å². The van der Waals surface area contributed by atoms with Crippen molar-refractivity contribution in [2.75, 3.05) is 5.33 Å². The summed E-state index contributed by atoms with van der Waals surface area (Å²) in [5.41, 5.74) is 1.73. The van der Waals surface area contributed by atoms with Crippen LogP contribution in [0.25, 0.3) is 0 Å². The largest absolute Gasteiger partial charge is 0.294 e. The van der Waals surface area contributed by atoms with Crippen LogP contribution in [0.5, 0.6) is 0 Å². The van der Waals surface area contributed by atoms with Gasteiger partial charge in [-0.3, -0.25) is 4.79 Å². The number of hydrogen-bond acceptors (Lipinski definition) is 1. The van der Waals surface area contributed by atoms with Gasteiger partial charge in [0.15, 0.2) is 5.78 Å². The predicted molar refractivity (Wildman–Crippen MR) is 66.4 cm³/mol. The van der Waals surface area contributed by atoms with Crippen LogP contribution in [0.2, 0.25) is 0 Å². The van der Waals surface area contributed by atoms with Gasteiger partial charge in [0.2, 0.25) is 0 Å². The fraction of sp³-hybridized carbons (Fsp3) is 0.300. The number of halogens is 3. The fourth-order valence-corrected chi connectivity index (χ4v) is 2.26. The molecule has 1 aromatic carbocycles. The molecule has 0 spiro atoms. The van der Waals surface area contributed by atoms with Crippen LogP contribution in [0.4, 0.5) is 0 Å². The Morgan fingerprint density at radius 1 is 1.43 bits per heavy atom. The molecule has 4 heteroatoms. The van der Waals surface area contributed by atoms with Crippen molar-refractivity contribution in [3.8, 4) is 0 Å². The van der Waals surface area contributed by atoms with E-state index in [-0.39, 0.29) is 5.78 Å². The minimum atomic E-state index is 0.134. The highest BCUT2D eigenvalue weighted by atomic mass is 79.9. The molecule has 0 radical (unpaired) electrons. The molecule has 0 fully saturated rings. The summed E-state index contributed by atoms with van der Waals surface area (Å²) in [5.74, 6) is 0.598. The summed E-state index contributed by atoms with van der Waals surface area (Å²) in [4.78, 5) is 11.6. The normalized spacial score (nSPS) is 10.2. The average Bonchev–Trinajstić information content (AvgIpc) is 2.17. The first-order valence-corrected chi connectivity index (χ1v) is 6.57. The first kappa shape index (κ1) is 12.2. The average molecular weight is 340 g/mol. The predicted octanol–water partition coefficient (Wildman–Crippen LogP) is 4.16. The highest BCUT2D eigenvalue weighted by Crippen LogP contribution is 2.21. The quantitative estimate of drug-likeness (QED) is 0.594. The van der Waals surface area contributed by atoms with Crippen molar-refractivity contribution < 1.29 is 4.79 Å². The van der Waals surface area contributed by atoms with Crippen molar-refractivity contribution in [2.45, 2.75) is 12.3 Å². The van der Waals surface area contributed by atoms with Gasteiger partial charge in [-0.1, -0.05) is 37.9 Å². The van der Waals surface area contributed by atoms with Crippen LogP contribution in [0.15, 0.2) is 22.7 Å². The number of benzene rings is 1. The van der Waals surface area contributed by atoms with Gasteiger partial charge in [-0.15, -0.1) is 11.6 Å². The lowest BCUT2D eigenvalue weighted by Gasteiger charge is -2.03. The van der Waals surface area contributed by atoms with E-state index in [1.54, 1.807) is 0 Å². The van der Waals surface area contributed by atoms with Crippen molar-refractivity contribution >= 4 is 49.2 Å². The van der Waals surface area contributed by atoms with Gasteiger partial charge in [-0.2, -0.15) is 0 Å². The first-order valence-electron chi connectivity index (χ1n) is 4.12. The van der Waals surface area contributed by atoms with E-state index in [1.165, 1.54) is 0 Å². The zero-order chi connectivity index (χ0) is 10.6. The Hall–Kier alpha value is 0.140. The number of hydrogen-bond donors (Lipinski definition) is 0.